The zero-order valence-corrected chi connectivity index (χ0v) is 20.9. The molecule has 0 saturated carbocycles. The maximum Gasteiger partial charge on any atom is 0.410 e. The van der Waals surface area contributed by atoms with Gasteiger partial charge in [0.1, 0.15) is 23.0 Å². The number of benzene rings is 1. The fourth-order valence-corrected chi connectivity index (χ4v) is 4.06. The van der Waals surface area contributed by atoms with Crippen molar-refractivity contribution in [3.63, 3.8) is 0 Å². The Morgan fingerprint density at radius 1 is 1.15 bits per heavy atom. The van der Waals surface area contributed by atoms with Crippen LogP contribution in [-0.2, 0) is 22.6 Å². The number of ether oxygens (including phenoxy) is 2. The minimum absolute atomic E-state index is 0.0575. The number of nitrogens with zero attached hydrogens (tertiary/aromatic N) is 3. The van der Waals surface area contributed by atoms with Gasteiger partial charge in [0.15, 0.2) is 0 Å². The second-order valence-corrected chi connectivity index (χ2v) is 10.2. The molecule has 0 spiro atoms. The molecule has 0 aliphatic carbocycles. The summed E-state index contributed by atoms with van der Waals surface area (Å²) in [6, 6.07) is 7.16. The molecule has 2 amide bonds. The van der Waals surface area contributed by atoms with E-state index in [-0.39, 0.29) is 18.4 Å². The van der Waals surface area contributed by atoms with Gasteiger partial charge in [0.2, 0.25) is 5.91 Å². The quantitative estimate of drug-likeness (QED) is 0.603. The van der Waals surface area contributed by atoms with Crippen molar-refractivity contribution in [3.8, 4) is 5.75 Å². The normalized spacial score (nSPS) is 14.7. The SMILES string of the molecule is CC(C)(C)OC(=O)N1CCN(CCNC(=O)Cc2csc(COc3ccc(Cl)cc3)n2)CC1. The first-order valence-electron chi connectivity index (χ1n) is 11.0. The molecule has 2 aromatic rings. The summed E-state index contributed by atoms with van der Waals surface area (Å²) in [7, 11) is 0. The second kappa shape index (κ2) is 11.7. The van der Waals surface area contributed by atoms with Crippen LogP contribution in [-0.4, -0.2) is 71.7 Å². The summed E-state index contributed by atoms with van der Waals surface area (Å²) in [5.74, 6) is 0.665. The van der Waals surface area contributed by atoms with Crippen LogP contribution in [0, 0.1) is 0 Å². The van der Waals surface area contributed by atoms with Crippen LogP contribution >= 0.6 is 22.9 Å². The third kappa shape index (κ3) is 8.83. The first-order chi connectivity index (χ1) is 15.7. The fourth-order valence-electron chi connectivity index (χ4n) is 3.23. The zero-order valence-electron chi connectivity index (χ0n) is 19.3. The highest BCUT2D eigenvalue weighted by Gasteiger charge is 2.25. The van der Waals surface area contributed by atoms with Gasteiger partial charge >= 0.3 is 6.09 Å². The largest absolute Gasteiger partial charge is 0.486 e. The van der Waals surface area contributed by atoms with E-state index in [9.17, 15) is 9.59 Å². The van der Waals surface area contributed by atoms with E-state index >= 15 is 0 Å². The number of nitrogens with one attached hydrogen (secondary N) is 1. The molecule has 8 nitrogen and oxygen atoms in total. The molecule has 1 aromatic heterocycles. The average Bonchev–Trinajstić information content (AvgIpc) is 3.20. The van der Waals surface area contributed by atoms with Gasteiger partial charge in [0.25, 0.3) is 0 Å². The van der Waals surface area contributed by atoms with Crippen LogP contribution in [0.2, 0.25) is 5.02 Å². The predicted molar refractivity (Wildman–Crippen MR) is 129 cm³/mol. The van der Waals surface area contributed by atoms with Crippen molar-refractivity contribution in [1.82, 2.24) is 20.1 Å². The van der Waals surface area contributed by atoms with Gasteiger partial charge in [-0.25, -0.2) is 9.78 Å². The molecule has 180 valence electrons. The lowest BCUT2D eigenvalue weighted by molar-refractivity contribution is -0.120. The van der Waals surface area contributed by atoms with Crippen molar-refractivity contribution >= 4 is 34.9 Å². The van der Waals surface area contributed by atoms with E-state index in [0.717, 1.165) is 36.1 Å². The minimum atomic E-state index is -0.486. The van der Waals surface area contributed by atoms with E-state index in [1.807, 2.05) is 38.3 Å². The Hall–Kier alpha value is -2.36. The monoisotopic (exact) mass is 494 g/mol. The summed E-state index contributed by atoms with van der Waals surface area (Å²) < 4.78 is 11.1. The standard InChI is InChI=1S/C23H31ClN4O4S/c1-23(2,3)32-22(30)28-12-10-27(11-13-28)9-8-25-20(29)14-18-16-33-21(26-18)15-31-19-6-4-17(24)5-7-19/h4-7,16H,8-15H2,1-3H3,(H,25,29). The Morgan fingerprint density at radius 3 is 2.52 bits per heavy atom. The summed E-state index contributed by atoms with van der Waals surface area (Å²) in [4.78, 5) is 32.8. The van der Waals surface area contributed by atoms with Crippen molar-refractivity contribution in [2.24, 2.45) is 0 Å². The Labute approximate surface area is 203 Å². The first-order valence-corrected chi connectivity index (χ1v) is 12.2. The van der Waals surface area contributed by atoms with Crippen LogP contribution in [0.1, 0.15) is 31.5 Å². The summed E-state index contributed by atoms with van der Waals surface area (Å²) in [5, 5.41) is 6.31. The highest BCUT2D eigenvalue weighted by atomic mass is 35.5. The van der Waals surface area contributed by atoms with E-state index in [4.69, 9.17) is 21.1 Å². The molecular formula is C23H31ClN4O4S. The maximum atomic E-state index is 12.3. The Bertz CT molecular complexity index is 921. The minimum Gasteiger partial charge on any atom is -0.486 e. The zero-order chi connectivity index (χ0) is 23.8. The van der Waals surface area contributed by atoms with Gasteiger partial charge < -0.3 is 19.7 Å². The van der Waals surface area contributed by atoms with Crippen molar-refractivity contribution in [2.75, 3.05) is 39.3 Å². The molecule has 0 bridgehead atoms. The molecule has 1 N–H and O–H groups in total. The van der Waals surface area contributed by atoms with Crippen LogP contribution in [0.5, 0.6) is 5.75 Å². The van der Waals surface area contributed by atoms with E-state index in [1.165, 1.54) is 11.3 Å². The van der Waals surface area contributed by atoms with Gasteiger partial charge in [-0.15, -0.1) is 11.3 Å². The number of carbonyl (C=O) groups excluding carboxylic acids is 2. The third-order valence-electron chi connectivity index (χ3n) is 4.89. The topological polar surface area (TPSA) is 84.0 Å². The summed E-state index contributed by atoms with van der Waals surface area (Å²) in [6.45, 7) is 10.0. The number of carbonyl (C=O) groups is 2. The highest BCUT2D eigenvalue weighted by Crippen LogP contribution is 2.18. The number of thiazole rings is 1. The van der Waals surface area contributed by atoms with Gasteiger partial charge in [0, 0.05) is 49.7 Å². The van der Waals surface area contributed by atoms with Crippen molar-refractivity contribution in [2.45, 2.75) is 39.4 Å². The molecule has 0 atom stereocenters. The van der Waals surface area contributed by atoms with E-state index in [1.54, 1.807) is 17.0 Å². The smallest absolute Gasteiger partial charge is 0.410 e. The molecule has 2 heterocycles. The van der Waals surface area contributed by atoms with Gasteiger partial charge in [-0.2, -0.15) is 0 Å². The third-order valence-corrected chi connectivity index (χ3v) is 6.01. The maximum absolute atomic E-state index is 12.3. The lowest BCUT2D eigenvalue weighted by Gasteiger charge is -2.35. The van der Waals surface area contributed by atoms with E-state index in [2.05, 4.69) is 15.2 Å². The molecule has 10 heteroatoms. The summed E-state index contributed by atoms with van der Waals surface area (Å²) in [5.41, 5.74) is 0.249. The lowest BCUT2D eigenvalue weighted by Crippen LogP contribution is -2.51. The second-order valence-electron chi connectivity index (χ2n) is 8.81. The molecule has 1 fully saturated rings. The average molecular weight is 495 g/mol. The molecule has 1 saturated heterocycles. The Kier molecular flexibility index (Phi) is 8.94. The number of hydrogen-bond donors (Lipinski definition) is 1. The predicted octanol–water partition coefficient (Wildman–Crippen LogP) is 3.59. The van der Waals surface area contributed by atoms with Gasteiger partial charge in [-0.3, -0.25) is 9.69 Å². The number of rotatable bonds is 8. The number of aromatic nitrogens is 1. The van der Waals surface area contributed by atoms with Gasteiger partial charge in [-0.1, -0.05) is 11.6 Å². The Balaban J connectivity index is 1.31. The number of piperazine rings is 1. The van der Waals surface area contributed by atoms with Crippen LogP contribution in [0.3, 0.4) is 0 Å². The van der Waals surface area contributed by atoms with Crippen LogP contribution in [0.25, 0.3) is 0 Å². The van der Waals surface area contributed by atoms with Crippen LogP contribution in [0.4, 0.5) is 4.79 Å². The molecule has 1 aliphatic heterocycles. The number of hydrogen-bond acceptors (Lipinski definition) is 7. The molecule has 33 heavy (non-hydrogen) atoms. The van der Waals surface area contributed by atoms with Crippen molar-refractivity contribution in [3.05, 3.63) is 45.4 Å². The first kappa shape index (κ1) is 25.3. The lowest BCUT2D eigenvalue weighted by atomic mass is 10.2. The van der Waals surface area contributed by atoms with Crippen LogP contribution in [0.15, 0.2) is 29.6 Å². The molecule has 1 aliphatic rings. The molecule has 3 rings (SSSR count). The summed E-state index contributed by atoms with van der Waals surface area (Å²) in [6.07, 6.45) is -0.0270. The molecule has 0 radical (unpaired) electrons. The van der Waals surface area contributed by atoms with Gasteiger partial charge in [0.05, 0.1) is 12.1 Å². The molecular weight excluding hydrogens is 464 g/mol. The van der Waals surface area contributed by atoms with E-state index < -0.39 is 5.60 Å². The van der Waals surface area contributed by atoms with E-state index in [0.29, 0.717) is 31.3 Å². The van der Waals surface area contributed by atoms with Crippen molar-refractivity contribution in [1.29, 1.82) is 0 Å². The highest BCUT2D eigenvalue weighted by molar-refractivity contribution is 7.09. The molecule has 1 aromatic carbocycles. The number of amides is 2. The summed E-state index contributed by atoms with van der Waals surface area (Å²) >= 11 is 7.35. The molecule has 0 unspecified atom stereocenters. The van der Waals surface area contributed by atoms with Crippen LogP contribution < -0.4 is 10.1 Å². The van der Waals surface area contributed by atoms with Crippen molar-refractivity contribution < 1.29 is 19.1 Å². The Morgan fingerprint density at radius 2 is 1.85 bits per heavy atom. The number of halogens is 1. The van der Waals surface area contributed by atoms with Gasteiger partial charge in [-0.05, 0) is 45.0 Å². The fraction of sp³-hybridized carbons (Fsp3) is 0.522.